The minimum atomic E-state index is -0.681. The summed E-state index contributed by atoms with van der Waals surface area (Å²) in [6.07, 6.45) is 1.79. The number of anilines is 6. The number of fused-ring (bicyclic) bond motifs is 16. The molecule has 1 spiro atoms. The second kappa shape index (κ2) is 18.8. The van der Waals surface area contributed by atoms with Crippen molar-refractivity contribution in [1.82, 2.24) is 0 Å². The summed E-state index contributed by atoms with van der Waals surface area (Å²) in [5.41, 5.74) is 31.3. The van der Waals surface area contributed by atoms with Crippen LogP contribution in [0.25, 0.3) is 66.8 Å². The van der Waals surface area contributed by atoms with Crippen LogP contribution in [-0.4, -0.2) is 12.6 Å². The second-order valence-corrected chi connectivity index (χ2v) is 24.3. The number of aldehydes is 2. The molecule has 12 aromatic carbocycles. The third-order valence-corrected chi connectivity index (χ3v) is 19.2. The maximum absolute atomic E-state index is 11.6. The van der Waals surface area contributed by atoms with Gasteiger partial charge in [-0.2, -0.15) is 0 Å². The van der Waals surface area contributed by atoms with E-state index < -0.39 is 5.41 Å². The average Bonchev–Trinajstić information content (AvgIpc) is 1.53. The summed E-state index contributed by atoms with van der Waals surface area (Å²) in [5, 5.41) is 0. The third-order valence-electron chi connectivity index (χ3n) is 19.2. The maximum atomic E-state index is 11.6. The molecule has 0 unspecified atom stereocenters. The molecule has 404 valence electrons. The Balaban J connectivity index is 0.896. The summed E-state index contributed by atoms with van der Waals surface area (Å²) in [6.45, 7) is 9.42. The molecule has 16 rings (SSSR count). The largest absolute Gasteiger partial charge is 0.310 e. The van der Waals surface area contributed by atoms with Gasteiger partial charge in [-0.3, -0.25) is 9.59 Å². The predicted molar refractivity (Wildman–Crippen MR) is 349 cm³/mol. The molecule has 12 aromatic rings. The standard InChI is InChI=1S/C81H58N2O2/c1-79(2)71-17-9-5-13-63(71)67-41-37-59(45-75(67)79)82(57-33-29-55(30-34-57)53-25-21-51(49-84)22-26-53)61-39-43-69-65-15-7-11-19-73(65)81(77(69)47-61)74-20-12-8-16-66(74)70-44-40-62(48-78(70)81)83(58-35-31-56(32-36-58)54-27-23-52(50-85)24-28-54)60-38-42-68-64-14-6-10-18-72(64)80(3,4)76(68)46-60/h5-50H,1-4H3. The van der Waals surface area contributed by atoms with E-state index in [1.807, 2.05) is 48.5 Å². The highest BCUT2D eigenvalue weighted by Crippen LogP contribution is 2.64. The van der Waals surface area contributed by atoms with Crippen LogP contribution in [0, 0.1) is 0 Å². The van der Waals surface area contributed by atoms with Crippen LogP contribution in [0.2, 0.25) is 0 Å². The van der Waals surface area contributed by atoms with Gasteiger partial charge in [0.2, 0.25) is 0 Å². The van der Waals surface area contributed by atoms with Crippen LogP contribution >= 0.6 is 0 Å². The van der Waals surface area contributed by atoms with E-state index in [1.54, 1.807) is 0 Å². The maximum Gasteiger partial charge on any atom is 0.150 e. The number of hydrogen-bond donors (Lipinski definition) is 0. The molecule has 0 heterocycles. The molecule has 4 heteroatoms. The molecule has 0 atom stereocenters. The summed E-state index contributed by atoms with van der Waals surface area (Å²) in [5.74, 6) is 0. The first kappa shape index (κ1) is 50.3. The zero-order valence-electron chi connectivity index (χ0n) is 47.8. The molecular weight excluding hydrogens is 1030 g/mol. The molecule has 0 fully saturated rings. The van der Waals surface area contributed by atoms with Gasteiger partial charge in [-0.05, 0) is 184 Å². The van der Waals surface area contributed by atoms with Gasteiger partial charge in [-0.15, -0.1) is 0 Å². The minimum absolute atomic E-state index is 0.204. The van der Waals surface area contributed by atoms with E-state index in [0.717, 1.165) is 69.0 Å². The molecule has 0 amide bonds. The van der Waals surface area contributed by atoms with Gasteiger partial charge in [-0.1, -0.05) is 222 Å². The van der Waals surface area contributed by atoms with E-state index in [9.17, 15) is 9.59 Å². The topological polar surface area (TPSA) is 40.6 Å². The fraction of sp³-hybridized carbons (Fsp3) is 0.0864. The SMILES string of the molecule is CC1(C)c2ccccc2-c2ccc(N(c3ccc(-c4ccc(C=O)cc4)cc3)c3ccc4c(c3)C3(c5ccccc5-4)c4ccccc4-c4ccc(N(c5ccc(-c6ccc(C=O)cc6)cc5)c5ccc6c(c5)C(C)(C)c5ccccc5-6)cc43)cc21. The fourth-order valence-corrected chi connectivity index (χ4v) is 15.1. The van der Waals surface area contributed by atoms with Crippen molar-refractivity contribution in [2.24, 2.45) is 0 Å². The van der Waals surface area contributed by atoms with Crippen molar-refractivity contribution >= 4 is 46.7 Å². The zero-order chi connectivity index (χ0) is 57.3. The van der Waals surface area contributed by atoms with Gasteiger partial charge in [0.15, 0.2) is 0 Å². The second-order valence-electron chi connectivity index (χ2n) is 24.3. The van der Waals surface area contributed by atoms with Crippen LogP contribution in [0.5, 0.6) is 0 Å². The Labute approximate surface area is 496 Å². The summed E-state index contributed by atoms with van der Waals surface area (Å²) in [7, 11) is 0. The van der Waals surface area contributed by atoms with Crippen LogP contribution in [0.15, 0.2) is 267 Å². The Bertz CT molecular complexity index is 4440. The smallest absolute Gasteiger partial charge is 0.150 e. The molecule has 0 N–H and O–H groups in total. The average molecular weight is 1090 g/mol. The lowest BCUT2D eigenvalue weighted by Crippen LogP contribution is -2.26. The van der Waals surface area contributed by atoms with Crippen molar-refractivity contribution in [2.45, 2.75) is 43.9 Å². The van der Waals surface area contributed by atoms with E-state index in [0.29, 0.717) is 11.1 Å². The van der Waals surface area contributed by atoms with E-state index in [1.165, 1.54) is 89.0 Å². The molecule has 0 aromatic heterocycles. The van der Waals surface area contributed by atoms with Gasteiger partial charge < -0.3 is 9.80 Å². The first-order valence-electron chi connectivity index (χ1n) is 29.4. The van der Waals surface area contributed by atoms with Gasteiger partial charge in [0.05, 0.1) is 5.41 Å². The zero-order valence-corrected chi connectivity index (χ0v) is 47.8. The van der Waals surface area contributed by atoms with Crippen molar-refractivity contribution in [3.8, 4) is 66.8 Å². The molecule has 0 radical (unpaired) electrons. The number of nitrogens with zero attached hydrogens (tertiary/aromatic N) is 2. The Morgan fingerprint density at radius 1 is 0.247 bits per heavy atom. The quantitative estimate of drug-likeness (QED) is 0.128. The summed E-state index contributed by atoms with van der Waals surface area (Å²) >= 11 is 0. The van der Waals surface area contributed by atoms with Gasteiger partial charge in [0, 0.05) is 56.1 Å². The van der Waals surface area contributed by atoms with Gasteiger partial charge in [-0.25, -0.2) is 0 Å². The van der Waals surface area contributed by atoms with E-state index >= 15 is 0 Å². The summed E-state index contributed by atoms with van der Waals surface area (Å²) in [6, 6.07) is 97.8. The molecule has 4 aliphatic carbocycles. The molecule has 0 saturated carbocycles. The Morgan fingerprint density at radius 3 is 0.824 bits per heavy atom. The van der Waals surface area contributed by atoms with Crippen molar-refractivity contribution in [1.29, 1.82) is 0 Å². The van der Waals surface area contributed by atoms with Crippen molar-refractivity contribution in [3.63, 3.8) is 0 Å². The molecule has 0 saturated heterocycles. The van der Waals surface area contributed by atoms with Crippen molar-refractivity contribution in [3.05, 3.63) is 323 Å². The van der Waals surface area contributed by atoms with E-state index in [4.69, 9.17) is 0 Å². The van der Waals surface area contributed by atoms with Crippen LogP contribution < -0.4 is 9.80 Å². The Morgan fingerprint density at radius 2 is 0.494 bits per heavy atom. The predicted octanol–water partition coefficient (Wildman–Crippen LogP) is 20.5. The lowest BCUT2D eigenvalue weighted by atomic mass is 9.70. The molecule has 0 aliphatic heterocycles. The van der Waals surface area contributed by atoms with E-state index in [-0.39, 0.29) is 10.8 Å². The van der Waals surface area contributed by atoms with Gasteiger partial charge in [0.1, 0.15) is 12.6 Å². The lowest BCUT2D eigenvalue weighted by molar-refractivity contribution is 0.111. The molecule has 4 aliphatic rings. The normalized spacial score (nSPS) is 14.3. The van der Waals surface area contributed by atoms with Gasteiger partial charge in [0.25, 0.3) is 0 Å². The Kier molecular flexibility index (Phi) is 11.1. The summed E-state index contributed by atoms with van der Waals surface area (Å²) in [4.78, 5) is 28.2. The highest BCUT2D eigenvalue weighted by molar-refractivity contribution is 5.98. The lowest BCUT2D eigenvalue weighted by Gasteiger charge is -2.34. The molecule has 4 nitrogen and oxygen atoms in total. The Hall–Kier alpha value is -10.4. The number of rotatable bonds is 10. The number of carbonyl (C=O) groups is 2. The number of carbonyl (C=O) groups excluding carboxylic acids is 2. The van der Waals surface area contributed by atoms with Crippen molar-refractivity contribution < 1.29 is 9.59 Å². The number of hydrogen-bond acceptors (Lipinski definition) is 4. The molecular formula is C81H58N2O2. The minimum Gasteiger partial charge on any atom is -0.310 e. The van der Waals surface area contributed by atoms with Crippen LogP contribution in [0.3, 0.4) is 0 Å². The molecule has 0 bridgehead atoms. The number of benzene rings is 12. The van der Waals surface area contributed by atoms with Crippen LogP contribution in [0.1, 0.15) is 92.9 Å². The highest BCUT2D eigenvalue weighted by atomic mass is 16.1. The van der Waals surface area contributed by atoms with Crippen LogP contribution in [-0.2, 0) is 16.2 Å². The van der Waals surface area contributed by atoms with Crippen molar-refractivity contribution in [2.75, 3.05) is 9.80 Å². The third kappa shape index (κ3) is 7.41. The van der Waals surface area contributed by atoms with E-state index in [2.05, 4.69) is 256 Å². The molecule has 85 heavy (non-hydrogen) atoms. The highest BCUT2D eigenvalue weighted by Gasteiger charge is 2.52. The first-order chi connectivity index (χ1) is 41.5. The van der Waals surface area contributed by atoms with Crippen LogP contribution in [0.4, 0.5) is 34.1 Å². The first-order valence-corrected chi connectivity index (χ1v) is 29.4. The van der Waals surface area contributed by atoms with Gasteiger partial charge >= 0.3 is 0 Å². The fourth-order valence-electron chi connectivity index (χ4n) is 15.1. The monoisotopic (exact) mass is 1090 g/mol. The summed E-state index contributed by atoms with van der Waals surface area (Å²) < 4.78 is 0.